The van der Waals surface area contributed by atoms with Gasteiger partial charge in [0, 0.05) is 0 Å². The van der Waals surface area contributed by atoms with E-state index in [2.05, 4.69) is 38.5 Å². The molecule has 0 heterocycles. The van der Waals surface area contributed by atoms with Crippen LogP contribution in [0.25, 0.3) is 6.08 Å². The maximum Gasteiger partial charge on any atom is 0.217 e. The average Bonchev–Trinajstić information content (AvgIpc) is 2.77. The van der Waals surface area contributed by atoms with Gasteiger partial charge in [0.15, 0.2) is 0 Å². The van der Waals surface area contributed by atoms with Gasteiger partial charge < -0.3 is 14.5 Å². The van der Waals surface area contributed by atoms with Crippen LogP contribution in [0, 0.1) is 0 Å². The summed E-state index contributed by atoms with van der Waals surface area (Å²) in [6.45, 7) is 18.4. The molecule has 0 unspecified atom stereocenters. The second-order valence-corrected chi connectivity index (χ2v) is 9.32. The molecule has 0 bridgehead atoms. The van der Waals surface area contributed by atoms with Gasteiger partial charge in [-0.15, -0.1) is 0 Å². The van der Waals surface area contributed by atoms with Crippen LogP contribution in [0.2, 0.25) is 0 Å². The molecule has 0 radical (unpaired) electrons. The molecule has 0 aliphatic heterocycles. The van der Waals surface area contributed by atoms with E-state index < -0.39 is 10.4 Å². The Kier molecular flexibility index (Phi) is 19.8. The quantitative estimate of drug-likeness (QED) is 0.180. The molecule has 0 atom stereocenters. The molecular formula is C25H47NO5S. The topological polar surface area (TPSA) is 97.9 Å². The van der Waals surface area contributed by atoms with Gasteiger partial charge in [-0.1, -0.05) is 90.3 Å². The summed E-state index contributed by atoms with van der Waals surface area (Å²) < 4.78 is 35.9. The Hall–Kier alpha value is -1.25. The van der Waals surface area contributed by atoms with Gasteiger partial charge in [0.05, 0.1) is 32.8 Å². The lowest BCUT2D eigenvalue weighted by Gasteiger charge is -2.39. The minimum atomic E-state index is -4.61. The fourth-order valence-corrected chi connectivity index (χ4v) is 3.82. The zero-order valence-electron chi connectivity index (χ0n) is 20.8. The maximum absolute atomic E-state index is 10.1. The molecule has 0 saturated heterocycles. The molecule has 1 aromatic rings. The number of benzene rings is 1. The van der Waals surface area contributed by atoms with Crippen molar-refractivity contribution in [2.75, 3.05) is 26.2 Å². The fraction of sp³-hybridized carbons (Fsp3) is 0.680. The van der Waals surface area contributed by atoms with E-state index in [4.69, 9.17) is 0 Å². The van der Waals surface area contributed by atoms with Crippen molar-refractivity contribution in [3.05, 3.63) is 42.0 Å². The third-order valence-corrected chi connectivity index (χ3v) is 5.94. The lowest BCUT2D eigenvalue weighted by Crippen LogP contribution is -2.50. The number of quaternary nitrogens is 1. The molecule has 1 rings (SSSR count). The SMILES string of the molecule is C=Cc1ccc(COS(=O)(=O)[O-])cc1.CCCC[N+](CCCC)(CCCC)CCCC.O. The second kappa shape index (κ2) is 19.2. The minimum Gasteiger partial charge on any atom is -0.726 e. The molecule has 0 fully saturated rings. The van der Waals surface area contributed by atoms with Crippen LogP contribution in [0.1, 0.15) is 90.2 Å². The van der Waals surface area contributed by atoms with E-state index in [0.29, 0.717) is 5.56 Å². The van der Waals surface area contributed by atoms with Gasteiger partial charge in [-0.3, -0.25) is 4.18 Å². The predicted octanol–water partition coefficient (Wildman–Crippen LogP) is 5.49. The average molecular weight is 474 g/mol. The highest BCUT2D eigenvalue weighted by Gasteiger charge is 2.24. The molecule has 32 heavy (non-hydrogen) atoms. The van der Waals surface area contributed by atoms with E-state index in [1.807, 2.05) is 0 Å². The Balaban J connectivity index is 0. The van der Waals surface area contributed by atoms with E-state index in [1.54, 1.807) is 30.3 Å². The van der Waals surface area contributed by atoms with Gasteiger partial charge in [-0.25, -0.2) is 8.42 Å². The molecule has 0 aromatic heterocycles. The van der Waals surface area contributed by atoms with Crippen LogP contribution in [0.15, 0.2) is 30.8 Å². The van der Waals surface area contributed by atoms with Crippen LogP contribution < -0.4 is 0 Å². The summed E-state index contributed by atoms with van der Waals surface area (Å²) in [6.07, 6.45) is 12.7. The first-order chi connectivity index (χ1) is 14.8. The largest absolute Gasteiger partial charge is 0.726 e. The Morgan fingerprint density at radius 3 is 1.50 bits per heavy atom. The molecule has 1 aromatic carbocycles. The molecule has 0 aliphatic rings. The van der Waals surface area contributed by atoms with Gasteiger partial charge in [0.2, 0.25) is 10.4 Å². The normalized spacial score (nSPS) is 11.3. The molecule has 0 aliphatic carbocycles. The first-order valence-corrected chi connectivity index (χ1v) is 13.3. The van der Waals surface area contributed by atoms with Crippen molar-refractivity contribution in [1.29, 1.82) is 0 Å². The first kappa shape index (κ1) is 32.9. The Labute approximate surface area is 197 Å². The number of hydrogen-bond acceptors (Lipinski definition) is 4. The summed E-state index contributed by atoms with van der Waals surface area (Å²) >= 11 is 0. The third-order valence-electron chi connectivity index (χ3n) is 5.53. The summed E-state index contributed by atoms with van der Waals surface area (Å²) in [5.74, 6) is 0. The summed E-state index contributed by atoms with van der Waals surface area (Å²) in [6, 6.07) is 6.84. The van der Waals surface area contributed by atoms with E-state index in [0.717, 1.165) is 5.56 Å². The molecule has 0 amide bonds. The van der Waals surface area contributed by atoms with Crippen molar-refractivity contribution < 1.29 is 27.1 Å². The second-order valence-electron chi connectivity index (χ2n) is 8.27. The zero-order valence-corrected chi connectivity index (χ0v) is 21.6. The summed E-state index contributed by atoms with van der Waals surface area (Å²) in [7, 11) is -4.61. The summed E-state index contributed by atoms with van der Waals surface area (Å²) in [4.78, 5) is 0. The van der Waals surface area contributed by atoms with Gasteiger partial charge >= 0.3 is 0 Å². The summed E-state index contributed by atoms with van der Waals surface area (Å²) in [5, 5.41) is 0. The molecule has 0 saturated carbocycles. The van der Waals surface area contributed by atoms with Gasteiger partial charge in [0.1, 0.15) is 0 Å². The molecular weight excluding hydrogens is 426 g/mol. The van der Waals surface area contributed by atoms with Gasteiger partial charge in [0.25, 0.3) is 0 Å². The van der Waals surface area contributed by atoms with Crippen LogP contribution in [0.4, 0.5) is 0 Å². The maximum atomic E-state index is 10.1. The van der Waals surface area contributed by atoms with E-state index >= 15 is 0 Å². The highest BCUT2D eigenvalue weighted by Crippen LogP contribution is 2.16. The van der Waals surface area contributed by atoms with Crippen LogP contribution in [-0.4, -0.2) is 49.1 Å². The highest BCUT2D eigenvalue weighted by molar-refractivity contribution is 7.80. The predicted molar refractivity (Wildman–Crippen MR) is 134 cm³/mol. The summed E-state index contributed by atoms with van der Waals surface area (Å²) in [5.41, 5.74) is 1.54. The molecule has 7 heteroatoms. The van der Waals surface area contributed by atoms with Crippen LogP contribution in [-0.2, 0) is 21.2 Å². The molecule has 188 valence electrons. The van der Waals surface area contributed by atoms with Crippen LogP contribution in [0.5, 0.6) is 0 Å². The Morgan fingerprint density at radius 2 is 1.22 bits per heavy atom. The van der Waals surface area contributed by atoms with Crippen molar-refractivity contribution in [2.45, 2.75) is 85.7 Å². The molecule has 6 nitrogen and oxygen atoms in total. The third kappa shape index (κ3) is 16.4. The van der Waals surface area contributed by atoms with Crippen molar-refractivity contribution in [2.24, 2.45) is 0 Å². The smallest absolute Gasteiger partial charge is 0.217 e. The van der Waals surface area contributed by atoms with Gasteiger partial charge in [-0.05, 0) is 36.8 Å². The standard InChI is InChI=1S/C16H36N.C9H10O4S.H2O/c1-5-9-13-17(14-10-6-2,15-11-7-3)16-12-8-4;1-2-8-3-5-9(6-4-8)7-13-14(10,11)12;/h5-16H2,1-4H3;2-6H,1,7H2,(H,10,11,12);1H2/q+1;;/p-1. The van der Waals surface area contributed by atoms with Crippen molar-refractivity contribution in [3.8, 4) is 0 Å². The lowest BCUT2D eigenvalue weighted by atomic mass is 10.1. The van der Waals surface area contributed by atoms with E-state index in [9.17, 15) is 13.0 Å². The van der Waals surface area contributed by atoms with E-state index in [1.165, 1.54) is 82.0 Å². The molecule has 2 N–H and O–H groups in total. The minimum absolute atomic E-state index is 0. The van der Waals surface area contributed by atoms with Crippen molar-refractivity contribution in [1.82, 2.24) is 0 Å². The fourth-order valence-electron chi connectivity index (χ4n) is 3.54. The lowest BCUT2D eigenvalue weighted by molar-refractivity contribution is -0.929. The van der Waals surface area contributed by atoms with Crippen molar-refractivity contribution >= 4 is 16.5 Å². The zero-order chi connectivity index (χ0) is 23.6. The number of nitrogens with zero attached hydrogens (tertiary/aromatic N) is 1. The first-order valence-electron chi connectivity index (χ1n) is 11.9. The Morgan fingerprint density at radius 1 is 0.844 bits per heavy atom. The van der Waals surface area contributed by atoms with Crippen molar-refractivity contribution in [3.63, 3.8) is 0 Å². The van der Waals surface area contributed by atoms with Crippen LogP contribution in [0.3, 0.4) is 0 Å². The number of unbranched alkanes of at least 4 members (excludes halogenated alkanes) is 4. The number of rotatable bonds is 16. The number of hydrogen-bond donors (Lipinski definition) is 0. The van der Waals surface area contributed by atoms with E-state index in [-0.39, 0.29) is 12.1 Å². The van der Waals surface area contributed by atoms with Crippen LogP contribution >= 0.6 is 0 Å². The Bertz CT molecular complexity index is 637. The highest BCUT2D eigenvalue weighted by atomic mass is 32.3. The monoisotopic (exact) mass is 473 g/mol. The molecule has 0 spiro atoms. The van der Waals surface area contributed by atoms with Gasteiger partial charge in [-0.2, -0.15) is 0 Å².